The topological polar surface area (TPSA) is 80.8 Å². The summed E-state index contributed by atoms with van der Waals surface area (Å²) in [6.45, 7) is -0.478. The summed E-state index contributed by atoms with van der Waals surface area (Å²) in [5.74, 6) is -2.31. The first kappa shape index (κ1) is 19.4. The lowest BCUT2D eigenvalue weighted by Gasteiger charge is -2.17. The van der Waals surface area contributed by atoms with E-state index in [4.69, 9.17) is 4.74 Å². The third kappa shape index (κ3) is 3.17. The highest BCUT2D eigenvalue weighted by atomic mass is 19.1. The molecule has 4 atom stereocenters. The second-order valence-electron chi connectivity index (χ2n) is 8.06. The van der Waals surface area contributed by atoms with E-state index in [0.717, 1.165) is 18.6 Å². The quantitative estimate of drug-likeness (QED) is 0.322. The van der Waals surface area contributed by atoms with Crippen LogP contribution in [0.25, 0.3) is 0 Å². The normalized spacial score (nSPS) is 25.8. The molecule has 1 aliphatic heterocycles. The van der Waals surface area contributed by atoms with Crippen LogP contribution in [0.4, 0.5) is 10.1 Å². The Hall–Kier alpha value is -3.61. The lowest BCUT2D eigenvalue weighted by atomic mass is 9.85. The summed E-state index contributed by atoms with van der Waals surface area (Å²) in [6.07, 6.45) is 4.93. The molecule has 1 saturated heterocycles. The zero-order valence-electron chi connectivity index (χ0n) is 16.4. The number of rotatable bonds is 5. The van der Waals surface area contributed by atoms with Crippen molar-refractivity contribution in [2.75, 3.05) is 11.5 Å². The number of fused-ring (bicyclic) bond motifs is 5. The SMILES string of the molecule is O=C(COC(=O)c1ccc(N2C(=O)[C@H]3[C@H](C2=O)[C@H]2C=C[C@H]3C2)cc1)c1ccc(F)cc1. The number of ether oxygens (including phenoxy) is 1. The molecular formula is C24H18FNO5. The largest absolute Gasteiger partial charge is 0.454 e. The van der Waals surface area contributed by atoms with Crippen molar-refractivity contribution in [3.05, 3.63) is 77.6 Å². The number of allylic oxidation sites excluding steroid dienone is 2. The second-order valence-corrected chi connectivity index (χ2v) is 8.06. The highest BCUT2D eigenvalue weighted by molar-refractivity contribution is 6.22. The molecule has 2 aliphatic carbocycles. The Morgan fingerprint density at radius 2 is 1.42 bits per heavy atom. The molecule has 2 bridgehead atoms. The molecule has 0 radical (unpaired) electrons. The Bertz CT molecular complexity index is 1090. The Kier molecular flexibility index (Phi) is 4.54. The predicted octanol–water partition coefficient (Wildman–Crippen LogP) is 3.18. The molecule has 2 aromatic carbocycles. The van der Waals surface area contributed by atoms with Crippen LogP contribution < -0.4 is 4.90 Å². The molecule has 6 nitrogen and oxygen atoms in total. The van der Waals surface area contributed by atoms with Gasteiger partial charge in [-0.1, -0.05) is 12.2 Å². The number of carbonyl (C=O) groups is 4. The first-order valence-corrected chi connectivity index (χ1v) is 10.1. The molecule has 0 unspecified atom stereocenters. The summed E-state index contributed by atoms with van der Waals surface area (Å²) in [4.78, 5) is 51.3. The number of nitrogens with zero attached hydrogens (tertiary/aromatic N) is 1. The van der Waals surface area contributed by atoms with Gasteiger partial charge in [0.2, 0.25) is 11.8 Å². The summed E-state index contributed by atoms with van der Waals surface area (Å²) < 4.78 is 18.0. The molecule has 3 aliphatic rings. The monoisotopic (exact) mass is 419 g/mol. The van der Waals surface area contributed by atoms with Gasteiger partial charge in [-0.15, -0.1) is 0 Å². The molecule has 2 amide bonds. The van der Waals surface area contributed by atoms with Crippen LogP contribution in [0, 0.1) is 29.5 Å². The van der Waals surface area contributed by atoms with E-state index >= 15 is 0 Å². The summed E-state index contributed by atoms with van der Waals surface area (Å²) >= 11 is 0. The van der Waals surface area contributed by atoms with Gasteiger partial charge in [-0.25, -0.2) is 9.18 Å². The number of anilines is 1. The van der Waals surface area contributed by atoms with E-state index in [0.29, 0.717) is 5.69 Å². The van der Waals surface area contributed by atoms with Gasteiger partial charge in [0, 0.05) is 5.56 Å². The zero-order valence-corrected chi connectivity index (χ0v) is 16.4. The minimum Gasteiger partial charge on any atom is -0.454 e. The molecule has 0 spiro atoms. The lowest BCUT2D eigenvalue weighted by Crippen LogP contribution is -2.32. The smallest absolute Gasteiger partial charge is 0.338 e. The number of benzene rings is 2. The van der Waals surface area contributed by atoms with Gasteiger partial charge in [-0.05, 0) is 66.8 Å². The molecular weight excluding hydrogens is 401 g/mol. The molecule has 0 N–H and O–H groups in total. The summed E-state index contributed by atoms with van der Waals surface area (Å²) in [6, 6.07) is 10.9. The van der Waals surface area contributed by atoms with Gasteiger partial charge in [0.25, 0.3) is 0 Å². The van der Waals surface area contributed by atoms with Crippen LogP contribution in [0.1, 0.15) is 27.1 Å². The van der Waals surface area contributed by atoms with Crippen LogP contribution in [0.2, 0.25) is 0 Å². The number of ketones is 1. The molecule has 5 rings (SSSR count). The molecule has 2 fully saturated rings. The number of hydrogen-bond donors (Lipinski definition) is 0. The highest BCUT2D eigenvalue weighted by Crippen LogP contribution is 2.53. The lowest BCUT2D eigenvalue weighted by molar-refractivity contribution is -0.123. The first-order chi connectivity index (χ1) is 14.9. The van der Waals surface area contributed by atoms with Crippen molar-refractivity contribution < 1.29 is 28.3 Å². The summed E-state index contributed by atoms with van der Waals surface area (Å²) in [5.41, 5.74) is 0.851. The predicted molar refractivity (Wildman–Crippen MR) is 108 cm³/mol. The van der Waals surface area contributed by atoms with Gasteiger partial charge in [-0.2, -0.15) is 0 Å². The van der Waals surface area contributed by atoms with Crippen molar-refractivity contribution in [2.24, 2.45) is 23.7 Å². The zero-order chi connectivity index (χ0) is 21.7. The van der Waals surface area contributed by atoms with Gasteiger partial charge in [-0.3, -0.25) is 19.3 Å². The van der Waals surface area contributed by atoms with Gasteiger partial charge in [0.15, 0.2) is 12.4 Å². The van der Waals surface area contributed by atoms with Crippen molar-refractivity contribution in [3.8, 4) is 0 Å². The maximum atomic E-state index is 12.9. The number of carbonyl (C=O) groups excluding carboxylic acids is 4. The van der Waals surface area contributed by atoms with E-state index < -0.39 is 24.2 Å². The number of Topliss-reactive ketones (excluding diaryl/α,β-unsaturated/α-hetero) is 1. The van der Waals surface area contributed by atoms with Gasteiger partial charge in [0.05, 0.1) is 23.1 Å². The summed E-state index contributed by atoms with van der Waals surface area (Å²) in [5, 5.41) is 0. The Labute approximate surface area is 177 Å². The van der Waals surface area contributed by atoms with E-state index in [1.165, 1.54) is 41.3 Å². The number of esters is 1. The van der Waals surface area contributed by atoms with Crippen molar-refractivity contribution in [1.82, 2.24) is 0 Å². The summed E-state index contributed by atoms with van der Waals surface area (Å²) in [7, 11) is 0. The molecule has 2 aromatic rings. The van der Waals surface area contributed by atoms with E-state index in [2.05, 4.69) is 0 Å². The van der Waals surface area contributed by atoms with Crippen molar-refractivity contribution in [3.63, 3.8) is 0 Å². The minimum atomic E-state index is -0.708. The van der Waals surface area contributed by atoms with E-state index in [1.807, 2.05) is 12.2 Å². The fraction of sp³-hybridized carbons (Fsp3) is 0.250. The maximum absolute atomic E-state index is 12.9. The third-order valence-electron chi connectivity index (χ3n) is 6.33. The van der Waals surface area contributed by atoms with Crippen LogP contribution >= 0.6 is 0 Å². The molecule has 1 saturated carbocycles. The van der Waals surface area contributed by atoms with Gasteiger partial charge < -0.3 is 4.74 Å². The number of hydrogen-bond acceptors (Lipinski definition) is 5. The average Bonchev–Trinajstić information content (AvgIpc) is 3.46. The molecule has 0 aromatic heterocycles. The van der Waals surface area contributed by atoms with E-state index in [9.17, 15) is 23.6 Å². The van der Waals surface area contributed by atoms with Crippen LogP contribution in [0.3, 0.4) is 0 Å². The molecule has 156 valence electrons. The second kappa shape index (κ2) is 7.27. The standard InChI is InChI=1S/C24H18FNO5/c25-17-7-3-13(4-8-17)19(27)12-31-24(30)14-5-9-18(10-6-14)26-22(28)20-15-1-2-16(11-15)21(20)23(26)29/h1-10,15-16,20-21H,11-12H2/t15-,16-,20+,21+/m0/s1. The van der Waals surface area contributed by atoms with Crippen molar-refractivity contribution in [2.45, 2.75) is 6.42 Å². The average molecular weight is 419 g/mol. The first-order valence-electron chi connectivity index (χ1n) is 10.1. The van der Waals surface area contributed by atoms with Crippen molar-refractivity contribution in [1.29, 1.82) is 0 Å². The Balaban J connectivity index is 1.24. The van der Waals surface area contributed by atoms with Crippen molar-refractivity contribution >= 4 is 29.3 Å². The Morgan fingerprint density at radius 1 is 0.871 bits per heavy atom. The van der Waals surface area contributed by atoms with Crippen LogP contribution in [0.5, 0.6) is 0 Å². The molecule has 31 heavy (non-hydrogen) atoms. The van der Waals surface area contributed by atoms with E-state index in [1.54, 1.807) is 0 Å². The third-order valence-corrected chi connectivity index (χ3v) is 6.33. The molecule has 1 heterocycles. The molecule has 7 heteroatoms. The Morgan fingerprint density at radius 3 is 2.00 bits per heavy atom. The number of halogens is 1. The highest BCUT2D eigenvalue weighted by Gasteiger charge is 2.59. The van der Waals surface area contributed by atoms with Gasteiger partial charge >= 0.3 is 5.97 Å². The fourth-order valence-electron chi connectivity index (χ4n) is 4.84. The van der Waals surface area contributed by atoms with E-state index in [-0.39, 0.29) is 46.6 Å². The number of amides is 2. The van der Waals surface area contributed by atoms with Crippen LogP contribution in [0.15, 0.2) is 60.7 Å². The fourth-order valence-corrected chi connectivity index (χ4v) is 4.84. The van der Waals surface area contributed by atoms with Gasteiger partial charge in [0.1, 0.15) is 5.82 Å². The van der Waals surface area contributed by atoms with Crippen LogP contribution in [-0.2, 0) is 14.3 Å². The number of imide groups is 1. The maximum Gasteiger partial charge on any atom is 0.338 e. The van der Waals surface area contributed by atoms with Crippen LogP contribution in [-0.4, -0.2) is 30.2 Å². The minimum absolute atomic E-state index is 0.129.